The molecule has 0 saturated carbocycles. The van der Waals surface area contributed by atoms with E-state index >= 15 is 0 Å². The molecule has 0 aliphatic carbocycles. The van der Waals surface area contributed by atoms with Gasteiger partial charge >= 0.3 is 0 Å². The normalized spacial score (nSPS) is 10.1. The maximum Gasteiger partial charge on any atom is 0.244 e. The highest BCUT2D eigenvalue weighted by molar-refractivity contribution is 6.30. The predicted octanol–water partition coefficient (Wildman–Crippen LogP) is 3.35. The van der Waals surface area contributed by atoms with Crippen LogP contribution in [-0.2, 0) is 9.59 Å². The molecule has 0 saturated heterocycles. The SMILES string of the molecule is COc1ccc(N(CC(=O)Nc2ccc(Cl)cc2)C(C)=O)c(OC)c1. The highest BCUT2D eigenvalue weighted by atomic mass is 35.5. The average Bonchev–Trinajstić information content (AvgIpc) is 2.61. The fourth-order valence-electron chi connectivity index (χ4n) is 2.25. The minimum absolute atomic E-state index is 0.152. The Bertz CT molecular complexity index is 762. The number of hydrogen-bond acceptors (Lipinski definition) is 4. The summed E-state index contributed by atoms with van der Waals surface area (Å²) in [7, 11) is 3.03. The van der Waals surface area contributed by atoms with Gasteiger partial charge in [-0.15, -0.1) is 0 Å². The fourth-order valence-corrected chi connectivity index (χ4v) is 2.38. The summed E-state index contributed by atoms with van der Waals surface area (Å²) >= 11 is 5.82. The predicted molar refractivity (Wildman–Crippen MR) is 97.7 cm³/mol. The third-order valence-corrected chi connectivity index (χ3v) is 3.74. The molecular weight excluding hydrogens is 344 g/mol. The number of nitrogens with one attached hydrogen (secondary N) is 1. The van der Waals surface area contributed by atoms with E-state index in [1.807, 2.05) is 0 Å². The Morgan fingerprint density at radius 3 is 2.32 bits per heavy atom. The van der Waals surface area contributed by atoms with E-state index < -0.39 is 0 Å². The van der Waals surface area contributed by atoms with Crippen LogP contribution in [0, 0.1) is 0 Å². The molecule has 0 unspecified atom stereocenters. The lowest BCUT2D eigenvalue weighted by Crippen LogP contribution is -2.36. The van der Waals surface area contributed by atoms with E-state index in [1.54, 1.807) is 42.5 Å². The van der Waals surface area contributed by atoms with Gasteiger partial charge in [-0.3, -0.25) is 14.5 Å². The second kappa shape index (κ2) is 8.39. The Labute approximate surface area is 151 Å². The second-order valence-corrected chi connectivity index (χ2v) is 5.63. The molecule has 0 heterocycles. The van der Waals surface area contributed by atoms with Gasteiger partial charge in [-0.05, 0) is 36.4 Å². The Balaban J connectivity index is 2.19. The molecule has 0 aliphatic heterocycles. The molecule has 0 aliphatic rings. The lowest BCUT2D eigenvalue weighted by molar-refractivity contribution is -0.120. The van der Waals surface area contributed by atoms with Gasteiger partial charge in [-0.25, -0.2) is 0 Å². The maximum atomic E-state index is 12.3. The van der Waals surface area contributed by atoms with Crippen LogP contribution in [-0.4, -0.2) is 32.6 Å². The molecule has 0 atom stereocenters. The van der Waals surface area contributed by atoms with Gasteiger partial charge in [0.1, 0.15) is 18.0 Å². The topological polar surface area (TPSA) is 67.9 Å². The van der Waals surface area contributed by atoms with Crippen molar-refractivity contribution in [3.63, 3.8) is 0 Å². The summed E-state index contributed by atoms with van der Waals surface area (Å²) in [6.07, 6.45) is 0. The van der Waals surface area contributed by atoms with Crippen LogP contribution < -0.4 is 19.7 Å². The third kappa shape index (κ3) is 4.87. The van der Waals surface area contributed by atoms with Crippen molar-refractivity contribution in [3.05, 3.63) is 47.5 Å². The Morgan fingerprint density at radius 1 is 1.08 bits per heavy atom. The summed E-state index contributed by atoms with van der Waals surface area (Å²) in [5.74, 6) is 0.411. The number of ether oxygens (including phenoxy) is 2. The molecule has 0 radical (unpaired) electrons. The first-order chi connectivity index (χ1) is 11.9. The lowest BCUT2D eigenvalue weighted by atomic mass is 10.2. The number of rotatable bonds is 6. The Morgan fingerprint density at radius 2 is 1.76 bits per heavy atom. The lowest BCUT2D eigenvalue weighted by Gasteiger charge is -2.23. The van der Waals surface area contributed by atoms with Gasteiger partial charge < -0.3 is 14.8 Å². The van der Waals surface area contributed by atoms with Gasteiger partial charge in [0.2, 0.25) is 11.8 Å². The summed E-state index contributed by atoms with van der Waals surface area (Å²) in [4.78, 5) is 25.7. The van der Waals surface area contributed by atoms with Crippen LogP contribution >= 0.6 is 11.6 Å². The number of carbonyl (C=O) groups is 2. The summed E-state index contributed by atoms with van der Waals surface area (Å²) < 4.78 is 10.5. The van der Waals surface area contributed by atoms with E-state index in [2.05, 4.69) is 5.32 Å². The van der Waals surface area contributed by atoms with Gasteiger partial charge in [0.25, 0.3) is 0 Å². The van der Waals surface area contributed by atoms with Crippen LogP contribution in [0.3, 0.4) is 0 Å². The number of methoxy groups -OCH3 is 2. The fraction of sp³-hybridized carbons (Fsp3) is 0.222. The molecule has 0 bridgehead atoms. The first kappa shape index (κ1) is 18.6. The van der Waals surface area contributed by atoms with Crippen LogP contribution in [0.25, 0.3) is 0 Å². The van der Waals surface area contributed by atoms with Crippen molar-refractivity contribution in [3.8, 4) is 11.5 Å². The van der Waals surface area contributed by atoms with Crippen LogP contribution in [0.4, 0.5) is 11.4 Å². The molecule has 2 aromatic carbocycles. The highest BCUT2D eigenvalue weighted by Crippen LogP contribution is 2.32. The number of nitrogens with zero attached hydrogens (tertiary/aromatic N) is 1. The van der Waals surface area contributed by atoms with E-state index in [0.717, 1.165) is 0 Å². The summed E-state index contributed by atoms with van der Waals surface area (Å²) in [5, 5.41) is 3.30. The van der Waals surface area contributed by atoms with Crippen molar-refractivity contribution < 1.29 is 19.1 Å². The second-order valence-electron chi connectivity index (χ2n) is 5.20. The number of anilines is 2. The number of amides is 2. The third-order valence-electron chi connectivity index (χ3n) is 3.49. The molecule has 2 amide bonds. The van der Waals surface area contributed by atoms with Crippen molar-refractivity contribution in [2.75, 3.05) is 31.0 Å². The van der Waals surface area contributed by atoms with Gasteiger partial charge in [0.05, 0.1) is 19.9 Å². The molecule has 7 heteroatoms. The highest BCUT2D eigenvalue weighted by Gasteiger charge is 2.20. The number of hydrogen-bond donors (Lipinski definition) is 1. The molecule has 2 rings (SSSR count). The first-order valence-electron chi connectivity index (χ1n) is 7.50. The van der Waals surface area contributed by atoms with Gasteiger partial charge in [-0.1, -0.05) is 11.6 Å². The first-order valence-corrected chi connectivity index (χ1v) is 7.88. The van der Waals surface area contributed by atoms with Crippen molar-refractivity contribution in [1.82, 2.24) is 0 Å². The Hall–Kier alpha value is -2.73. The molecule has 0 spiro atoms. The molecule has 1 N–H and O–H groups in total. The van der Waals surface area contributed by atoms with Crippen molar-refractivity contribution in [2.24, 2.45) is 0 Å². The molecule has 25 heavy (non-hydrogen) atoms. The minimum Gasteiger partial charge on any atom is -0.497 e. The molecule has 0 aromatic heterocycles. The van der Waals surface area contributed by atoms with E-state index in [-0.39, 0.29) is 18.4 Å². The zero-order valence-electron chi connectivity index (χ0n) is 14.2. The summed E-state index contributed by atoms with van der Waals surface area (Å²) in [6.45, 7) is 1.24. The van der Waals surface area contributed by atoms with Crippen LogP contribution in [0.5, 0.6) is 11.5 Å². The monoisotopic (exact) mass is 362 g/mol. The molecule has 2 aromatic rings. The zero-order valence-corrected chi connectivity index (χ0v) is 15.0. The van der Waals surface area contributed by atoms with Crippen LogP contribution in [0.2, 0.25) is 5.02 Å². The van der Waals surface area contributed by atoms with E-state index in [0.29, 0.717) is 27.9 Å². The number of benzene rings is 2. The van der Waals surface area contributed by atoms with Crippen molar-refractivity contribution in [2.45, 2.75) is 6.92 Å². The largest absolute Gasteiger partial charge is 0.497 e. The number of halogens is 1. The summed E-state index contributed by atoms with van der Waals surface area (Å²) in [5.41, 5.74) is 1.08. The summed E-state index contributed by atoms with van der Waals surface area (Å²) in [6, 6.07) is 11.7. The van der Waals surface area contributed by atoms with Crippen LogP contribution in [0.1, 0.15) is 6.92 Å². The standard InChI is InChI=1S/C18H19ClN2O4/c1-12(22)21(16-9-8-15(24-2)10-17(16)25-3)11-18(23)20-14-6-4-13(19)5-7-14/h4-10H,11H2,1-3H3,(H,20,23). The van der Waals surface area contributed by atoms with Gasteiger partial charge in [-0.2, -0.15) is 0 Å². The maximum absolute atomic E-state index is 12.3. The van der Waals surface area contributed by atoms with Crippen molar-refractivity contribution in [1.29, 1.82) is 0 Å². The number of carbonyl (C=O) groups excluding carboxylic acids is 2. The molecule has 132 valence electrons. The molecular formula is C18H19ClN2O4. The molecule has 0 fully saturated rings. The average molecular weight is 363 g/mol. The van der Waals surface area contributed by atoms with E-state index in [1.165, 1.54) is 26.0 Å². The van der Waals surface area contributed by atoms with Crippen LogP contribution in [0.15, 0.2) is 42.5 Å². The van der Waals surface area contributed by atoms with Crippen molar-refractivity contribution >= 4 is 34.8 Å². The zero-order chi connectivity index (χ0) is 18.4. The smallest absolute Gasteiger partial charge is 0.244 e. The Kier molecular flexibility index (Phi) is 6.25. The van der Waals surface area contributed by atoms with Gasteiger partial charge in [0.15, 0.2) is 0 Å². The van der Waals surface area contributed by atoms with E-state index in [4.69, 9.17) is 21.1 Å². The van der Waals surface area contributed by atoms with Gasteiger partial charge in [0, 0.05) is 23.7 Å². The quantitative estimate of drug-likeness (QED) is 0.855. The molecule has 6 nitrogen and oxygen atoms in total. The minimum atomic E-state index is -0.338. The van der Waals surface area contributed by atoms with E-state index in [9.17, 15) is 9.59 Å².